The lowest BCUT2D eigenvalue weighted by molar-refractivity contribution is -0.113. The third kappa shape index (κ3) is 6.07. The molecule has 0 unspecified atom stereocenters. The Morgan fingerprint density at radius 3 is 2.64 bits per heavy atom. The summed E-state index contributed by atoms with van der Waals surface area (Å²) in [6.07, 6.45) is 0. The number of aryl methyl sites for hydroxylation is 1. The average molecular weight is 499 g/mol. The number of morpholine rings is 1. The summed E-state index contributed by atoms with van der Waals surface area (Å²) in [6.45, 7) is 6.38. The van der Waals surface area contributed by atoms with E-state index < -0.39 is 10.0 Å². The van der Waals surface area contributed by atoms with Crippen molar-refractivity contribution < 1.29 is 27.4 Å². The van der Waals surface area contributed by atoms with E-state index in [-0.39, 0.29) is 16.6 Å². The van der Waals surface area contributed by atoms with Crippen LogP contribution in [0.2, 0.25) is 0 Å². The summed E-state index contributed by atoms with van der Waals surface area (Å²) < 4.78 is 45.1. The number of sulfonamides is 1. The topological polar surface area (TPSA) is 112 Å². The van der Waals surface area contributed by atoms with Crippen LogP contribution in [0.25, 0.3) is 0 Å². The van der Waals surface area contributed by atoms with Gasteiger partial charge in [0.25, 0.3) is 0 Å². The van der Waals surface area contributed by atoms with Crippen molar-refractivity contribution in [3.05, 3.63) is 29.6 Å². The van der Waals surface area contributed by atoms with Crippen molar-refractivity contribution in [3.63, 3.8) is 0 Å². The van der Waals surface area contributed by atoms with E-state index in [9.17, 15) is 13.2 Å². The molecule has 2 aromatic rings. The van der Waals surface area contributed by atoms with Gasteiger partial charge in [-0.3, -0.25) is 4.79 Å². The standard InChI is InChI=1S/C21H30N4O6S2/c1-15-16(2)25(9-10-29-3)21(22-15)32-14-20(26)23-18-13-17(5-6-19(18)30-4)33(27,28)24-7-11-31-12-8-24/h5-6,13H,7-12,14H2,1-4H3,(H,23,26). The first-order valence-corrected chi connectivity index (χ1v) is 12.9. The van der Waals surface area contributed by atoms with Crippen LogP contribution in [0.15, 0.2) is 28.3 Å². The Morgan fingerprint density at radius 1 is 1.24 bits per heavy atom. The number of aromatic nitrogens is 2. The van der Waals surface area contributed by atoms with Gasteiger partial charge >= 0.3 is 0 Å². The Balaban J connectivity index is 1.73. The van der Waals surface area contributed by atoms with E-state index in [2.05, 4.69) is 10.3 Å². The average Bonchev–Trinajstić information content (AvgIpc) is 3.09. The molecule has 10 nitrogen and oxygen atoms in total. The molecule has 1 aromatic carbocycles. The third-order valence-electron chi connectivity index (χ3n) is 5.33. The molecule has 0 radical (unpaired) electrons. The van der Waals surface area contributed by atoms with Crippen molar-refractivity contribution >= 4 is 33.4 Å². The van der Waals surface area contributed by atoms with Crippen LogP contribution in [-0.2, 0) is 30.8 Å². The van der Waals surface area contributed by atoms with Crippen molar-refractivity contribution in [2.45, 2.75) is 30.4 Å². The molecular formula is C21H30N4O6S2. The fourth-order valence-electron chi connectivity index (χ4n) is 3.38. The number of benzene rings is 1. The van der Waals surface area contributed by atoms with Crippen molar-refractivity contribution in [1.29, 1.82) is 0 Å². The minimum atomic E-state index is -3.70. The number of carbonyl (C=O) groups is 1. The van der Waals surface area contributed by atoms with E-state index in [4.69, 9.17) is 14.2 Å². The first-order chi connectivity index (χ1) is 15.8. The summed E-state index contributed by atoms with van der Waals surface area (Å²) in [6, 6.07) is 4.45. The first-order valence-electron chi connectivity index (χ1n) is 10.5. The minimum Gasteiger partial charge on any atom is -0.495 e. The second-order valence-electron chi connectivity index (χ2n) is 7.43. The normalized spacial score (nSPS) is 14.9. The molecule has 0 bridgehead atoms. The summed E-state index contributed by atoms with van der Waals surface area (Å²) in [5, 5.41) is 3.51. The number of anilines is 1. The maximum atomic E-state index is 13.0. The number of carbonyl (C=O) groups excluding carboxylic acids is 1. The summed E-state index contributed by atoms with van der Waals surface area (Å²) >= 11 is 1.31. The number of hydrogen-bond donors (Lipinski definition) is 1. The number of nitrogens with zero attached hydrogens (tertiary/aromatic N) is 3. The number of rotatable bonds is 10. The number of amides is 1. The molecule has 182 valence electrons. The van der Waals surface area contributed by atoms with Crippen molar-refractivity contribution in [1.82, 2.24) is 13.9 Å². The van der Waals surface area contributed by atoms with Gasteiger partial charge in [-0.25, -0.2) is 13.4 Å². The SMILES string of the molecule is COCCn1c(SCC(=O)Nc2cc(S(=O)(=O)N3CCOCC3)ccc2OC)nc(C)c1C. The Labute approximate surface area is 198 Å². The molecular weight excluding hydrogens is 468 g/mol. The van der Waals surface area contributed by atoms with Crippen LogP contribution in [0, 0.1) is 13.8 Å². The van der Waals surface area contributed by atoms with Crippen LogP contribution >= 0.6 is 11.8 Å². The fraction of sp³-hybridized carbons (Fsp3) is 0.524. The third-order valence-corrected chi connectivity index (χ3v) is 8.20. The Kier molecular flexibility index (Phi) is 8.76. The van der Waals surface area contributed by atoms with Crippen LogP contribution < -0.4 is 10.1 Å². The number of thioether (sulfide) groups is 1. The molecule has 1 N–H and O–H groups in total. The molecule has 1 amide bonds. The molecule has 0 atom stereocenters. The first kappa shape index (κ1) is 25.5. The smallest absolute Gasteiger partial charge is 0.243 e. The molecule has 0 aliphatic carbocycles. The molecule has 1 saturated heterocycles. The zero-order valence-corrected chi connectivity index (χ0v) is 20.9. The van der Waals surface area contributed by atoms with E-state index in [0.717, 1.165) is 16.5 Å². The monoisotopic (exact) mass is 498 g/mol. The largest absolute Gasteiger partial charge is 0.495 e. The molecule has 33 heavy (non-hydrogen) atoms. The van der Waals surface area contributed by atoms with Crippen molar-refractivity contribution in [2.75, 3.05) is 58.2 Å². The van der Waals surface area contributed by atoms with Crippen LogP contribution in [-0.4, -0.2) is 81.1 Å². The molecule has 1 aromatic heterocycles. The Hall–Kier alpha value is -2.12. The van der Waals surface area contributed by atoms with E-state index in [0.29, 0.717) is 50.9 Å². The summed E-state index contributed by atoms with van der Waals surface area (Å²) in [5.74, 6) is 0.185. The van der Waals surface area contributed by atoms with Gasteiger partial charge in [0.05, 0.1) is 49.0 Å². The molecule has 1 fully saturated rings. The van der Waals surface area contributed by atoms with Gasteiger partial charge in [-0.2, -0.15) is 4.31 Å². The van der Waals surface area contributed by atoms with Gasteiger partial charge in [0.2, 0.25) is 15.9 Å². The summed E-state index contributed by atoms with van der Waals surface area (Å²) in [7, 11) is -0.596. The molecule has 12 heteroatoms. The second-order valence-corrected chi connectivity index (χ2v) is 10.3. The van der Waals surface area contributed by atoms with Gasteiger partial charge in [0, 0.05) is 32.4 Å². The van der Waals surface area contributed by atoms with Crippen LogP contribution in [0.5, 0.6) is 5.75 Å². The van der Waals surface area contributed by atoms with E-state index in [1.54, 1.807) is 13.2 Å². The minimum absolute atomic E-state index is 0.0921. The molecule has 1 aliphatic rings. The van der Waals surface area contributed by atoms with Crippen LogP contribution in [0.4, 0.5) is 5.69 Å². The molecule has 3 rings (SSSR count). The van der Waals surface area contributed by atoms with Gasteiger partial charge in [-0.15, -0.1) is 0 Å². The molecule has 2 heterocycles. The van der Waals surface area contributed by atoms with E-state index in [1.165, 1.54) is 35.3 Å². The van der Waals surface area contributed by atoms with Crippen molar-refractivity contribution in [2.24, 2.45) is 0 Å². The number of hydrogen-bond acceptors (Lipinski definition) is 8. The maximum absolute atomic E-state index is 13.0. The summed E-state index contributed by atoms with van der Waals surface area (Å²) in [5.41, 5.74) is 2.22. The predicted octanol–water partition coefficient (Wildman–Crippen LogP) is 1.91. The van der Waals surface area contributed by atoms with E-state index >= 15 is 0 Å². The second kappa shape index (κ2) is 11.3. The van der Waals surface area contributed by atoms with Gasteiger partial charge in [-0.05, 0) is 32.0 Å². The number of imidazole rings is 1. The molecule has 1 aliphatic heterocycles. The number of nitrogens with one attached hydrogen (secondary N) is 1. The fourth-order valence-corrected chi connectivity index (χ4v) is 5.73. The zero-order valence-electron chi connectivity index (χ0n) is 19.3. The van der Waals surface area contributed by atoms with Crippen LogP contribution in [0.1, 0.15) is 11.4 Å². The Morgan fingerprint density at radius 2 is 1.97 bits per heavy atom. The lowest BCUT2D eigenvalue weighted by Gasteiger charge is -2.26. The number of methoxy groups -OCH3 is 2. The maximum Gasteiger partial charge on any atom is 0.243 e. The predicted molar refractivity (Wildman–Crippen MR) is 126 cm³/mol. The highest BCUT2D eigenvalue weighted by Crippen LogP contribution is 2.30. The van der Waals surface area contributed by atoms with Gasteiger partial charge in [0.1, 0.15) is 5.75 Å². The highest BCUT2D eigenvalue weighted by atomic mass is 32.2. The summed E-state index contributed by atoms with van der Waals surface area (Å²) in [4.78, 5) is 17.3. The highest BCUT2D eigenvalue weighted by molar-refractivity contribution is 7.99. The molecule has 0 saturated carbocycles. The highest BCUT2D eigenvalue weighted by Gasteiger charge is 2.27. The van der Waals surface area contributed by atoms with Crippen molar-refractivity contribution in [3.8, 4) is 5.75 Å². The lowest BCUT2D eigenvalue weighted by Crippen LogP contribution is -2.40. The van der Waals surface area contributed by atoms with Gasteiger partial charge in [0.15, 0.2) is 5.16 Å². The van der Waals surface area contributed by atoms with Crippen LogP contribution in [0.3, 0.4) is 0 Å². The Bertz CT molecular complexity index is 1080. The quantitative estimate of drug-likeness (QED) is 0.495. The van der Waals surface area contributed by atoms with Gasteiger partial charge in [-0.1, -0.05) is 11.8 Å². The number of ether oxygens (including phenoxy) is 3. The zero-order chi connectivity index (χ0) is 24.0. The van der Waals surface area contributed by atoms with E-state index in [1.807, 2.05) is 18.4 Å². The van der Waals surface area contributed by atoms with Gasteiger partial charge < -0.3 is 24.1 Å². The molecule has 0 spiro atoms. The lowest BCUT2D eigenvalue weighted by atomic mass is 10.3.